The van der Waals surface area contributed by atoms with Crippen LogP contribution >= 0.6 is 11.6 Å². The summed E-state index contributed by atoms with van der Waals surface area (Å²) in [5.74, 6) is -0.400. The number of aromatic nitrogens is 6. The lowest BCUT2D eigenvalue weighted by Gasteiger charge is -2.21. The van der Waals surface area contributed by atoms with Gasteiger partial charge in [-0.2, -0.15) is 36.6 Å². The predicted octanol–water partition coefficient (Wildman–Crippen LogP) is 3.00. The number of halogens is 1. The van der Waals surface area contributed by atoms with E-state index in [1.165, 1.54) is 47.3 Å². The molecule has 2 heterocycles. The van der Waals surface area contributed by atoms with E-state index in [1.54, 1.807) is 29.2 Å². The Bertz CT molecular complexity index is 2230. The third-order valence-electron chi connectivity index (χ3n) is 6.25. The van der Waals surface area contributed by atoms with Crippen LogP contribution < -0.4 is 10.2 Å². The molecule has 0 radical (unpaired) electrons. The number of rotatable bonds is 12. The van der Waals surface area contributed by atoms with Crippen LogP contribution in [0.2, 0.25) is 5.28 Å². The molecule has 3 aromatic carbocycles. The first kappa shape index (κ1) is 33.1. The molecule has 21 heteroatoms. The molecular formula is C25H23ClN8O9S3. The minimum absolute atomic E-state index is 0.0684. The number of fused-ring (bicyclic) bond motifs is 1. The molecule has 2 aromatic heterocycles. The molecule has 0 fully saturated rings. The Morgan fingerprint density at radius 1 is 0.848 bits per heavy atom. The zero-order valence-electron chi connectivity index (χ0n) is 23.5. The number of nitrogens with one attached hydrogen (secondary N) is 1. The average molecular weight is 711 g/mol. The standard InChI is InChI=1S/C25H23ClN8O9S3/c1-2-33(17-5-7-18(8-6-17)34-31-21-12-11-20(45(37,38)39)15-22(21)32-34)25-29-23(26)28-24(30-25)27-16-3-9-19(10-4-16)44(35,36)14-13-43-46(40,41)42/h3-12,15H,2,13-14H2,1H3,(H,37,38,39)(H,40,41,42)(H,27,28,29,30). The van der Waals surface area contributed by atoms with Crippen LogP contribution in [0, 0.1) is 0 Å². The van der Waals surface area contributed by atoms with Gasteiger partial charge in [-0.3, -0.25) is 9.11 Å². The quantitative estimate of drug-likeness (QED) is 0.158. The van der Waals surface area contributed by atoms with Gasteiger partial charge in [-0.25, -0.2) is 12.6 Å². The second kappa shape index (κ2) is 12.8. The van der Waals surface area contributed by atoms with Crippen LogP contribution in [-0.2, 0) is 34.5 Å². The molecule has 0 amide bonds. The largest absolute Gasteiger partial charge is 0.397 e. The van der Waals surface area contributed by atoms with Gasteiger partial charge < -0.3 is 10.2 Å². The third kappa shape index (κ3) is 7.91. The highest BCUT2D eigenvalue weighted by atomic mass is 35.5. The first-order chi connectivity index (χ1) is 21.6. The molecule has 0 saturated carbocycles. The van der Waals surface area contributed by atoms with Crippen molar-refractivity contribution < 1.29 is 38.5 Å². The number of nitrogens with zero attached hydrogens (tertiary/aromatic N) is 7. The molecule has 0 saturated heterocycles. The maximum atomic E-state index is 12.4. The van der Waals surface area contributed by atoms with Crippen molar-refractivity contribution in [1.82, 2.24) is 29.9 Å². The summed E-state index contributed by atoms with van der Waals surface area (Å²) in [7, 11) is -13.1. The van der Waals surface area contributed by atoms with Gasteiger partial charge in [0.2, 0.25) is 17.2 Å². The van der Waals surface area contributed by atoms with E-state index in [9.17, 15) is 29.8 Å². The van der Waals surface area contributed by atoms with Crippen molar-refractivity contribution in [3.8, 4) is 5.69 Å². The summed E-state index contributed by atoms with van der Waals surface area (Å²) in [6, 6.07) is 16.4. The average Bonchev–Trinajstić information content (AvgIpc) is 3.40. The summed E-state index contributed by atoms with van der Waals surface area (Å²) in [6.45, 7) is 1.55. The lowest BCUT2D eigenvalue weighted by Crippen LogP contribution is -2.20. The Labute approximate surface area is 267 Å². The van der Waals surface area contributed by atoms with E-state index in [2.05, 4.69) is 34.6 Å². The van der Waals surface area contributed by atoms with E-state index >= 15 is 0 Å². The zero-order valence-corrected chi connectivity index (χ0v) is 26.7. The number of anilines is 4. The van der Waals surface area contributed by atoms with Crippen molar-refractivity contribution in [1.29, 1.82) is 0 Å². The van der Waals surface area contributed by atoms with Crippen molar-refractivity contribution >= 4 is 76.3 Å². The number of sulfone groups is 1. The molecular weight excluding hydrogens is 688 g/mol. The fraction of sp³-hybridized carbons (Fsp3) is 0.160. The molecule has 17 nitrogen and oxygen atoms in total. The van der Waals surface area contributed by atoms with E-state index in [-0.39, 0.29) is 32.5 Å². The SMILES string of the molecule is CCN(c1ccc(-n2nc3ccc(S(=O)(=O)O)cc3n2)cc1)c1nc(Cl)nc(Nc2ccc(S(=O)(=O)CCOS(=O)(=O)O)cc2)n1. The molecule has 0 aliphatic heterocycles. The highest BCUT2D eigenvalue weighted by molar-refractivity contribution is 7.91. The van der Waals surface area contributed by atoms with Crippen molar-refractivity contribution in [2.45, 2.75) is 16.7 Å². The molecule has 0 aliphatic carbocycles. The second-order valence-electron chi connectivity index (χ2n) is 9.32. The van der Waals surface area contributed by atoms with Gasteiger partial charge in [-0.1, -0.05) is 0 Å². The van der Waals surface area contributed by atoms with E-state index in [4.69, 9.17) is 16.2 Å². The third-order valence-corrected chi connectivity index (χ3v) is 9.43. The number of hydrogen-bond donors (Lipinski definition) is 3. The highest BCUT2D eigenvalue weighted by Crippen LogP contribution is 2.27. The van der Waals surface area contributed by atoms with Crippen LogP contribution in [-0.4, -0.2) is 83.2 Å². The highest BCUT2D eigenvalue weighted by Gasteiger charge is 2.18. The summed E-state index contributed by atoms with van der Waals surface area (Å²) in [5.41, 5.74) is 2.36. The van der Waals surface area contributed by atoms with Crippen molar-refractivity contribution in [2.24, 2.45) is 0 Å². The fourth-order valence-corrected chi connectivity index (χ4v) is 6.28. The topological polar surface area (TPSA) is 237 Å². The molecule has 0 aliphatic rings. The monoisotopic (exact) mass is 710 g/mol. The van der Waals surface area contributed by atoms with Gasteiger partial charge in [0.1, 0.15) is 11.0 Å². The van der Waals surface area contributed by atoms with Crippen LogP contribution in [0.3, 0.4) is 0 Å². The number of benzene rings is 3. The van der Waals surface area contributed by atoms with Gasteiger partial charge in [0.15, 0.2) is 9.84 Å². The normalized spacial score (nSPS) is 12.3. The second-order valence-corrected chi connectivity index (χ2v) is 14.3. The van der Waals surface area contributed by atoms with Gasteiger partial charge in [-0.05, 0) is 85.3 Å². The Kier molecular flexibility index (Phi) is 9.22. The van der Waals surface area contributed by atoms with Gasteiger partial charge in [0, 0.05) is 17.9 Å². The molecule has 0 atom stereocenters. The molecule has 0 unspecified atom stereocenters. The molecule has 0 spiro atoms. The Morgan fingerprint density at radius 2 is 1.50 bits per heavy atom. The summed E-state index contributed by atoms with van der Waals surface area (Å²) < 4.78 is 91.1. The lowest BCUT2D eigenvalue weighted by molar-refractivity contribution is 0.284. The van der Waals surface area contributed by atoms with Gasteiger partial charge in [-0.15, -0.1) is 10.2 Å². The van der Waals surface area contributed by atoms with Crippen LogP contribution in [0.1, 0.15) is 6.92 Å². The van der Waals surface area contributed by atoms with Crippen LogP contribution in [0.15, 0.2) is 76.5 Å². The molecule has 3 N–H and O–H groups in total. The predicted molar refractivity (Wildman–Crippen MR) is 165 cm³/mol. The number of hydrogen-bond acceptors (Lipinski definition) is 14. The van der Waals surface area contributed by atoms with Crippen LogP contribution in [0.5, 0.6) is 0 Å². The minimum Gasteiger partial charge on any atom is -0.324 e. The molecule has 242 valence electrons. The fourth-order valence-electron chi connectivity index (χ4n) is 4.13. The van der Waals surface area contributed by atoms with Crippen molar-refractivity contribution in [2.75, 3.05) is 29.1 Å². The first-order valence-electron chi connectivity index (χ1n) is 13.0. The van der Waals surface area contributed by atoms with Gasteiger partial charge >= 0.3 is 10.4 Å². The van der Waals surface area contributed by atoms with Crippen molar-refractivity contribution in [3.63, 3.8) is 0 Å². The van der Waals surface area contributed by atoms with Gasteiger partial charge in [0.25, 0.3) is 10.1 Å². The van der Waals surface area contributed by atoms with E-state index in [1.807, 2.05) is 6.92 Å². The zero-order chi connectivity index (χ0) is 33.3. The summed E-state index contributed by atoms with van der Waals surface area (Å²) in [4.78, 5) is 15.4. The maximum absolute atomic E-state index is 12.4. The molecule has 46 heavy (non-hydrogen) atoms. The molecule has 0 bridgehead atoms. The summed E-state index contributed by atoms with van der Waals surface area (Å²) in [5, 5.41) is 11.5. The maximum Gasteiger partial charge on any atom is 0.397 e. The van der Waals surface area contributed by atoms with E-state index in [0.717, 1.165) is 0 Å². The van der Waals surface area contributed by atoms with Crippen molar-refractivity contribution in [3.05, 3.63) is 72.0 Å². The van der Waals surface area contributed by atoms with E-state index < -0.39 is 42.7 Å². The smallest absolute Gasteiger partial charge is 0.324 e. The van der Waals surface area contributed by atoms with E-state index in [0.29, 0.717) is 29.1 Å². The Hall–Kier alpha value is -4.31. The summed E-state index contributed by atoms with van der Waals surface area (Å²) in [6.07, 6.45) is 0. The van der Waals surface area contributed by atoms with Gasteiger partial charge in [0.05, 0.1) is 27.8 Å². The molecule has 5 aromatic rings. The minimum atomic E-state index is -4.76. The lowest BCUT2D eigenvalue weighted by atomic mass is 10.2. The molecule has 5 rings (SSSR count). The van der Waals surface area contributed by atoms with Crippen LogP contribution in [0.4, 0.5) is 23.3 Å². The van der Waals surface area contributed by atoms with Crippen LogP contribution in [0.25, 0.3) is 16.7 Å². The first-order valence-corrected chi connectivity index (χ1v) is 17.8. The summed E-state index contributed by atoms with van der Waals surface area (Å²) >= 11 is 6.20. The Morgan fingerprint density at radius 3 is 2.13 bits per heavy atom. The Balaban J connectivity index is 1.32.